The number of carbonyl (C=O) groups is 1. The van der Waals surface area contributed by atoms with Crippen molar-refractivity contribution in [2.45, 2.75) is 6.92 Å². The number of aromatic nitrogens is 1. The molecule has 2 aromatic heterocycles. The largest absolute Gasteiger partial charge is 0.494 e. The maximum Gasteiger partial charge on any atom is 0.255 e. The molecule has 1 aromatic carbocycles. The van der Waals surface area contributed by atoms with Crippen molar-refractivity contribution in [1.82, 2.24) is 9.88 Å². The third-order valence-corrected chi connectivity index (χ3v) is 4.25. The Morgan fingerprint density at radius 3 is 2.71 bits per heavy atom. The summed E-state index contributed by atoms with van der Waals surface area (Å²) in [5.41, 5.74) is 2.53. The predicted octanol–water partition coefficient (Wildman–Crippen LogP) is 4.17. The highest BCUT2D eigenvalue weighted by atomic mass is 35.5. The molecule has 0 spiro atoms. The average Bonchev–Trinajstić information content (AvgIpc) is 3.01. The first-order chi connectivity index (χ1) is 11.4. The second-order valence-corrected chi connectivity index (χ2v) is 6.08. The predicted molar refractivity (Wildman–Crippen MR) is 93.8 cm³/mol. The zero-order chi connectivity index (χ0) is 17.4. The highest BCUT2D eigenvalue weighted by Crippen LogP contribution is 2.36. The molecular formula is C18H17ClN2O3. The van der Waals surface area contributed by atoms with E-state index < -0.39 is 0 Å². The van der Waals surface area contributed by atoms with E-state index in [0.717, 1.165) is 10.9 Å². The summed E-state index contributed by atoms with van der Waals surface area (Å²) in [4.78, 5) is 17.9. The lowest BCUT2D eigenvalue weighted by Crippen LogP contribution is -2.21. The van der Waals surface area contributed by atoms with Gasteiger partial charge in [0, 0.05) is 25.7 Å². The van der Waals surface area contributed by atoms with Crippen molar-refractivity contribution < 1.29 is 13.9 Å². The van der Waals surface area contributed by atoms with Crippen LogP contribution < -0.4 is 4.74 Å². The molecule has 2 heterocycles. The number of nitrogens with zero attached hydrogens (tertiary/aromatic N) is 2. The van der Waals surface area contributed by atoms with E-state index in [0.29, 0.717) is 33.4 Å². The zero-order valence-corrected chi connectivity index (χ0v) is 14.6. The van der Waals surface area contributed by atoms with Crippen molar-refractivity contribution >= 4 is 28.5 Å². The third-order valence-electron chi connectivity index (χ3n) is 3.78. The number of fused-ring (bicyclic) bond motifs is 1. The van der Waals surface area contributed by atoms with E-state index in [1.54, 1.807) is 20.2 Å². The molecule has 1 amide bonds. The monoisotopic (exact) mass is 344 g/mol. The topological polar surface area (TPSA) is 55.6 Å². The average molecular weight is 345 g/mol. The lowest BCUT2D eigenvalue weighted by molar-refractivity contribution is 0.0827. The van der Waals surface area contributed by atoms with Crippen LogP contribution in [0.3, 0.4) is 0 Å². The molecule has 0 radical (unpaired) electrons. The van der Waals surface area contributed by atoms with Crippen molar-refractivity contribution in [3.05, 3.63) is 46.6 Å². The van der Waals surface area contributed by atoms with Crippen molar-refractivity contribution in [2.75, 3.05) is 21.2 Å². The Labute approximate surface area is 144 Å². The number of rotatable bonds is 3. The minimum Gasteiger partial charge on any atom is -0.494 e. The molecule has 6 heteroatoms. The maximum absolute atomic E-state index is 12.1. The first kappa shape index (κ1) is 16.3. The number of halogens is 1. The Morgan fingerprint density at radius 1 is 1.29 bits per heavy atom. The molecule has 0 bridgehead atoms. The second kappa shape index (κ2) is 6.17. The van der Waals surface area contributed by atoms with Gasteiger partial charge in [-0.3, -0.25) is 4.79 Å². The lowest BCUT2D eigenvalue weighted by atomic mass is 10.1. The summed E-state index contributed by atoms with van der Waals surface area (Å²) < 4.78 is 11.3. The number of benzene rings is 1. The fourth-order valence-corrected chi connectivity index (χ4v) is 2.66. The van der Waals surface area contributed by atoms with E-state index >= 15 is 0 Å². The van der Waals surface area contributed by atoms with Gasteiger partial charge in [0.2, 0.25) is 0 Å². The molecule has 0 atom stereocenters. The lowest BCUT2D eigenvalue weighted by Gasteiger charge is -2.12. The molecule has 0 aliphatic rings. The van der Waals surface area contributed by atoms with Crippen LogP contribution in [0.2, 0.25) is 5.02 Å². The fraction of sp³-hybridized carbons (Fsp3) is 0.222. The van der Waals surface area contributed by atoms with Gasteiger partial charge in [0.25, 0.3) is 5.91 Å². The summed E-state index contributed by atoms with van der Waals surface area (Å²) in [5.74, 6) is 0.864. The van der Waals surface area contributed by atoms with Crippen molar-refractivity contribution in [3.63, 3.8) is 0 Å². The number of hydrogen-bond acceptors (Lipinski definition) is 4. The number of ether oxygens (including phenoxy) is 1. The van der Waals surface area contributed by atoms with E-state index in [9.17, 15) is 4.79 Å². The number of pyridine rings is 1. The molecule has 3 rings (SSSR count). The van der Waals surface area contributed by atoms with Crippen LogP contribution in [-0.2, 0) is 0 Å². The van der Waals surface area contributed by atoms with Crippen molar-refractivity contribution in [3.8, 4) is 17.2 Å². The van der Waals surface area contributed by atoms with E-state index in [2.05, 4.69) is 4.98 Å². The molecule has 0 saturated heterocycles. The van der Waals surface area contributed by atoms with Gasteiger partial charge in [0.1, 0.15) is 11.4 Å². The summed E-state index contributed by atoms with van der Waals surface area (Å²) >= 11 is 6.31. The molecule has 0 fully saturated rings. The van der Waals surface area contributed by atoms with Gasteiger partial charge in [-0.25, -0.2) is 4.98 Å². The van der Waals surface area contributed by atoms with Crippen LogP contribution in [0.25, 0.3) is 22.4 Å². The normalized spacial score (nSPS) is 10.9. The Hall–Kier alpha value is -2.53. The van der Waals surface area contributed by atoms with E-state index in [1.165, 1.54) is 18.2 Å². The standard InChI is InChI=1S/C18H17ClN2O3/c1-10-5-6-11-7-14(24-17(11)15(10)19)16-13(23-4)8-12(9-20-16)18(22)21(2)3/h5-9H,1-4H3. The Morgan fingerprint density at radius 2 is 2.04 bits per heavy atom. The number of furan rings is 1. The van der Waals surface area contributed by atoms with Gasteiger partial charge in [-0.2, -0.15) is 0 Å². The molecule has 0 saturated carbocycles. The van der Waals surface area contributed by atoms with Crippen LogP contribution in [0.15, 0.2) is 34.9 Å². The van der Waals surface area contributed by atoms with Gasteiger partial charge in [-0.05, 0) is 24.6 Å². The quantitative estimate of drug-likeness (QED) is 0.715. The van der Waals surface area contributed by atoms with Crippen LogP contribution in [0.5, 0.6) is 5.75 Å². The minimum absolute atomic E-state index is 0.143. The first-order valence-electron chi connectivity index (χ1n) is 7.37. The van der Waals surface area contributed by atoms with Crippen molar-refractivity contribution in [2.24, 2.45) is 0 Å². The van der Waals surface area contributed by atoms with Crippen molar-refractivity contribution in [1.29, 1.82) is 0 Å². The number of carbonyl (C=O) groups excluding carboxylic acids is 1. The van der Waals surface area contributed by atoms with Crippen LogP contribution in [-0.4, -0.2) is 37.0 Å². The van der Waals surface area contributed by atoms with Gasteiger partial charge >= 0.3 is 0 Å². The van der Waals surface area contributed by atoms with Gasteiger partial charge in [-0.1, -0.05) is 23.7 Å². The molecule has 124 valence electrons. The highest BCUT2D eigenvalue weighted by molar-refractivity contribution is 6.35. The van der Waals surface area contributed by atoms with Gasteiger partial charge < -0.3 is 14.1 Å². The summed E-state index contributed by atoms with van der Waals surface area (Å²) in [6.45, 7) is 1.92. The molecule has 3 aromatic rings. The Balaban J connectivity index is 2.12. The SMILES string of the molecule is COc1cc(C(=O)N(C)C)cnc1-c1cc2ccc(C)c(Cl)c2o1. The van der Waals surface area contributed by atoms with Gasteiger partial charge in [0.15, 0.2) is 11.3 Å². The van der Waals surface area contributed by atoms with Gasteiger partial charge in [-0.15, -0.1) is 0 Å². The van der Waals surface area contributed by atoms with E-state index in [-0.39, 0.29) is 5.91 Å². The summed E-state index contributed by atoms with van der Waals surface area (Å²) in [7, 11) is 4.91. The molecule has 24 heavy (non-hydrogen) atoms. The van der Waals surface area contributed by atoms with Gasteiger partial charge in [0.05, 0.1) is 17.7 Å². The molecular weight excluding hydrogens is 328 g/mol. The molecule has 0 aliphatic heterocycles. The summed E-state index contributed by atoms with van der Waals surface area (Å²) in [6, 6.07) is 7.40. The highest BCUT2D eigenvalue weighted by Gasteiger charge is 2.18. The van der Waals surface area contributed by atoms with Crippen LogP contribution in [0, 0.1) is 6.92 Å². The number of methoxy groups -OCH3 is 1. The number of hydrogen-bond donors (Lipinski definition) is 0. The molecule has 5 nitrogen and oxygen atoms in total. The van der Waals surface area contributed by atoms with E-state index in [1.807, 2.05) is 25.1 Å². The summed E-state index contributed by atoms with van der Waals surface area (Å²) in [5, 5.41) is 1.47. The van der Waals surface area contributed by atoms with Crippen LogP contribution in [0.1, 0.15) is 15.9 Å². The maximum atomic E-state index is 12.1. The van der Waals surface area contributed by atoms with Crippen LogP contribution >= 0.6 is 11.6 Å². The fourth-order valence-electron chi connectivity index (χ4n) is 2.44. The number of amides is 1. The molecule has 0 aliphatic carbocycles. The second-order valence-electron chi connectivity index (χ2n) is 5.70. The minimum atomic E-state index is -0.143. The Bertz CT molecular complexity index is 931. The summed E-state index contributed by atoms with van der Waals surface area (Å²) in [6.07, 6.45) is 1.51. The molecule has 0 unspecified atom stereocenters. The zero-order valence-electron chi connectivity index (χ0n) is 13.9. The Kier molecular flexibility index (Phi) is 4.20. The van der Waals surface area contributed by atoms with E-state index in [4.69, 9.17) is 20.8 Å². The molecule has 0 N–H and O–H groups in total. The van der Waals surface area contributed by atoms with Crippen LogP contribution in [0.4, 0.5) is 0 Å². The smallest absolute Gasteiger partial charge is 0.255 e. The third kappa shape index (κ3) is 2.71. The first-order valence-corrected chi connectivity index (χ1v) is 7.75. The number of aryl methyl sites for hydroxylation is 1.